The molecule has 0 N–H and O–H groups in total. The SMILES string of the molecule is CCCCCOC(=O)C(OC(=O)c1ccco1)c1ccccc1. The van der Waals surface area contributed by atoms with Crippen molar-refractivity contribution in [2.75, 3.05) is 6.61 Å². The Bertz CT molecular complexity index is 604. The number of benzene rings is 1. The van der Waals surface area contributed by atoms with Gasteiger partial charge in [-0.1, -0.05) is 50.1 Å². The first-order valence-corrected chi connectivity index (χ1v) is 7.68. The molecule has 0 bridgehead atoms. The van der Waals surface area contributed by atoms with Gasteiger partial charge in [0.1, 0.15) is 0 Å². The molecular formula is C18H20O5. The van der Waals surface area contributed by atoms with Crippen molar-refractivity contribution in [2.45, 2.75) is 32.3 Å². The molecule has 1 unspecified atom stereocenters. The van der Waals surface area contributed by atoms with E-state index >= 15 is 0 Å². The fourth-order valence-corrected chi connectivity index (χ4v) is 2.04. The quantitative estimate of drug-likeness (QED) is 0.545. The van der Waals surface area contributed by atoms with Crippen molar-refractivity contribution in [3.05, 3.63) is 60.1 Å². The van der Waals surface area contributed by atoms with Gasteiger partial charge in [-0.2, -0.15) is 0 Å². The lowest BCUT2D eigenvalue weighted by molar-refractivity contribution is -0.154. The first kappa shape index (κ1) is 16.8. The van der Waals surface area contributed by atoms with Crippen molar-refractivity contribution in [3.8, 4) is 0 Å². The van der Waals surface area contributed by atoms with Crippen LogP contribution in [-0.2, 0) is 14.3 Å². The molecule has 1 aromatic heterocycles. The number of hydrogen-bond donors (Lipinski definition) is 0. The van der Waals surface area contributed by atoms with E-state index in [9.17, 15) is 9.59 Å². The predicted molar refractivity (Wildman–Crippen MR) is 83.8 cm³/mol. The Hall–Kier alpha value is -2.56. The topological polar surface area (TPSA) is 65.7 Å². The van der Waals surface area contributed by atoms with Gasteiger partial charge in [0.2, 0.25) is 11.9 Å². The molecule has 0 radical (unpaired) electrons. The van der Waals surface area contributed by atoms with Gasteiger partial charge < -0.3 is 13.9 Å². The van der Waals surface area contributed by atoms with Gasteiger partial charge in [-0.3, -0.25) is 0 Å². The van der Waals surface area contributed by atoms with E-state index in [4.69, 9.17) is 13.9 Å². The van der Waals surface area contributed by atoms with Gasteiger partial charge in [0, 0.05) is 5.56 Å². The van der Waals surface area contributed by atoms with E-state index < -0.39 is 18.0 Å². The zero-order valence-corrected chi connectivity index (χ0v) is 13.1. The summed E-state index contributed by atoms with van der Waals surface area (Å²) in [5, 5.41) is 0. The van der Waals surface area contributed by atoms with Crippen molar-refractivity contribution < 1.29 is 23.5 Å². The second kappa shape index (κ2) is 8.78. The molecule has 5 nitrogen and oxygen atoms in total. The molecule has 0 aliphatic rings. The molecule has 5 heteroatoms. The molecule has 0 aliphatic heterocycles. The fourth-order valence-electron chi connectivity index (χ4n) is 2.04. The summed E-state index contributed by atoms with van der Waals surface area (Å²) >= 11 is 0. The number of carbonyl (C=O) groups is 2. The molecule has 0 spiro atoms. The van der Waals surface area contributed by atoms with Crippen LogP contribution < -0.4 is 0 Å². The van der Waals surface area contributed by atoms with Gasteiger partial charge in [0.15, 0.2) is 0 Å². The van der Waals surface area contributed by atoms with E-state index in [1.54, 1.807) is 30.3 Å². The lowest BCUT2D eigenvalue weighted by atomic mass is 10.1. The summed E-state index contributed by atoms with van der Waals surface area (Å²) in [6.07, 6.45) is 3.07. The highest BCUT2D eigenvalue weighted by Gasteiger charge is 2.27. The van der Waals surface area contributed by atoms with Crippen LogP contribution >= 0.6 is 0 Å². The molecule has 122 valence electrons. The number of carbonyl (C=O) groups excluding carboxylic acids is 2. The van der Waals surface area contributed by atoms with Gasteiger partial charge in [-0.05, 0) is 18.6 Å². The molecule has 0 amide bonds. The molecule has 1 aromatic carbocycles. The first-order chi connectivity index (χ1) is 11.2. The van der Waals surface area contributed by atoms with E-state index in [1.807, 2.05) is 6.07 Å². The molecule has 0 saturated carbocycles. The van der Waals surface area contributed by atoms with E-state index in [0.29, 0.717) is 12.2 Å². The highest BCUT2D eigenvalue weighted by atomic mass is 16.6. The molecule has 23 heavy (non-hydrogen) atoms. The zero-order chi connectivity index (χ0) is 16.5. The summed E-state index contributed by atoms with van der Waals surface area (Å²) in [6, 6.07) is 11.9. The molecule has 1 heterocycles. The molecule has 1 atom stereocenters. The Morgan fingerprint density at radius 3 is 2.52 bits per heavy atom. The maximum absolute atomic E-state index is 12.3. The Kier molecular flexibility index (Phi) is 6.41. The van der Waals surface area contributed by atoms with Gasteiger partial charge in [-0.25, -0.2) is 9.59 Å². The van der Waals surface area contributed by atoms with E-state index in [0.717, 1.165) is 19.3 Å². The average Bonchev–Trinajstić information content (AvgIpc) is 3.11. The third-order valence-electron chi connectivity index (χ3n) is 3.26. The van der Waals surface area contributed by atoms with E-state index in [-0.39, 0.29) is 5.76 Å². The third kappa shape index (κ3) is 4.98. The Morgan fingerprint density at radius 2 is 1.87 bits per heavy atom. The van der Waals surface area contributed by atoms with Crippen LogP contribution in [0.3, 0.4) is 0 Å². The van der Waals surface area contributed by atoms with Crippen LogP contribution in [0.5, 0.6) is 0 Å². The largest absolute Gasteiger partial charge is 0.463 e. The lowest BCUT2D eigenvalue weighted by Crippen LogP contribution is -2.22. The van der Waals surface area contributed by atoms with Gasteiger partial charge in [0.25, 0.3) is 0 Å². The van der Waals surface area contributed by atoms with Crippen LogP contribution in [0, 0.1) is 0 Å². The molecule has 0 fully saturated rings. The van der Waals surface area contributed by atoms with E-state index in [1.165, 1.54) is 12.3 Å². The average molecular weight is 316 g/mol. The molecule has 0 saturated heterocycles. The Balaban J connectivity index is 2.06. The molecule has 2 rings (SSSR count). The Morgan fingerprint density at radius 1 is 1.09 bits per heavy atom. The van der Waals surface area contributed by atoms with Crippen LogP contribution in [0.25, 0.3) is 0 Å². The van der Waals surface area contributed by atoms with Crippen molar-refractivity contribution in [3.63, 3.8) is 0 Å². The molecule has 0 aliphatic carbocycles. The van der Waals surface area contributed by atoms with Crippen molar-refractivity contribution >= 4 is 11.9 Å². The number of rotatable bonds is 8. The minimum Gasteiger partial charge on any atom is -0.463 e. The minimum absolute atomic E-state index is 0.0460. The van der Waals surface area contributed by atoms with Crippen molar-refractivity contribution in [1.82, 2.24) is 0 Å². The highest BCUT2D eigenvalue weighted by molar-refractivity contribution is 5.89. The summed E-state index contributed by atoms with van der Waals surface area (Å²) in [5.74, 6) is -1.23. The maximum atomic E-state index is 12.3. The normalized spacial score (nSPS) is 11.7. The number of unbranched alkanes of at least 4 members (excludes halogenated alkanes) is 2. The van der Waals surface area contributed by atoms with Crippen LogP contribution in [0.4, 0.5) is 0 Å². The Labute approximate surface area is 135 Å². The first-order valence-electron chi connectivity index (χ1n) is 7.68. The highest BCUT2D eigenvalue weighted by Crippen LogP contribution is 2.21. The standard InChI is InChI=1S/C18H20O5/c1-2-3-7-12-22-18(20)16(14-9-5-4-6-10-14)23-17(19)15-11-8-13-21-15/h4-6,8-11,13,16H,2-3,7,12H2,1H3. The van der Waals surface area contributed by atoms with Crippen LogP contribution in [0.15, 0.2) is 53.1 Å². The van der Waals surface area contributed by atoms with Crippen LogP contribution in [-0.4, -0.2) is 18.5 Å². The monoisotopic (exact) mass is 316 g/mol. The second-order valence-corrected chi connectivity index (χ2v) is 5.05. The zero-order valence-electron chi connectivity index (χ0n) is 13.1. The smallest absolute Gasteiger partial charge is 0.375 e. The van der Waals surface area contributed by atoms with Crippen LogP contribution in [0.1, 0.15) is 48.4 Å². The van der Waals surface area contributed by atoms with Crippen LogP contribution in [0.2, 0.25) is 0 Å². The van der Waals surface area contributed by atoms with E-state index in [2.05, 4.69) is 6.92 Å². The second-order valence-electron chi connectivity index (χ2n) is 5.05. The summed E-state index contributed by atoms with van der Waals surface area (Å²) in [4.78, 5) is 24.3. The fraction of sp³-hybridized carbons (Fsp3) is 0.333. The molecule has 2 aromatic rings. The lowest BCUT2D eigenvalue weighted by Gasteiger charge is -2.16. The maximum Gasteiger partial charge on any atom is 0.375 e. The number of ether oxygens (including phenoxy) is 2. The number of furan rings is 1. The van der Waals surface area contributed by atoms with Crippen molar-refractivity contribution in [1.29, 1.82) is 0 Å². The minimum atomic E-state index is -1.10. The third-order valence-corrected chi connectivity index (χ3v) is 3.26. The summed E-state index contributed by atoms with van der Waals surface area (Å²) in [7, 11) is 0. The van der Waals surface area contributed by atoms with Gasteiger partial charge in [-0.15, -0.1) is 0 Å². The van der Waals surface area contributed by atoms with Gasteiger partial charge in [0.05, 0.1) is 12.9 Å². The van der Waals surface area contributed by atoms with Gasteiger partial charge >= 0.3 is 11.9 Å². The number of hydrogen-bond acceptors (Lipinski definition) is 5. The molecular weight excluding hydrogens is 296 g/mol. The number of esters is 2. The summed E-state index contributed by atoms with van der Waals surface area (Å²) < 4.78 is 15.5. The predicted octanol–water partition coefficient (Wildman–Crippen LogP) is 3.91. The van der Waals surface area contributed by atoms with Crippen molar-refractivity contribution in [2.24, 2.45) is 0 Å². The summed E-state index contributed by atoms with van der Waals surface area (Å²) in [5.41, 5.74) is 0.563. The summed E-state index contributed by atoms with van der Waals surface area (Å²) in [6.45, 7) is 2.38.